The molecule has 3 aromatic rings. The van der Waals surface area contributed by atoms with E-state index < -0.39 is 4.92 Å². The summed E-state index contributed by atoms with van der Waals surface area (Å²) >= 11 is 3.45. The van der Waals surface area contributed by atoms with E-state index in [0.717, 1.165) is 11.9 Å². The molecule has 9 heteroatoms. The normalized spacial score (nSPS) is 11.7. The average molecular weight is 421 g/mol. The minimum atomic E-state index is -0.484. The van der Waals surface area contributed by atoms with Crippen molar-refractivity contribution in [2.75, 3.05) is 26.2 Å². The van der Waals surface area contributed by atoms with Gasteiger partial charge in [0.25, 0.3) is 0 Å². The van der Waals surface area contributed by atoms with E-state index in [1.54, 1.807) is 6.07 Å². The predicted octanol–water partition coefficient (Wildman–Crippen LogP) is 3.65. The standard InChI is InChI=1S/C17H19BrN5O3/c1-21(23(2,3)11-13-6-4-12(10-18)5-7-13)14-8-9-15(22(24)25)17-16(14)19-26-20-17/h4-9H,10-11H2,1-3H3/q+1. The lowest BCUT2D eigenvalue weighted by Gasteiger charge is -2.38. The smallest absolute Gasteiger partial charge is 0.258 e. The van der Waals surface area contributed by atoms with Crippen molar-refractivity contribution in [3.05, 3.63) is 57.6 Å². The molecule has 0 aliphatic rings. The van der Waals surface area contributed by atoms with E-state index in [0.29, 0.717) is 15.8 Å². The Balaban J connectivity index is 1.93. The predicted molar refractivity (Wildman–Crippen MR) is 102 cm³/mol. The molecule has 0 saturated carbocycles. The van der Waals surface area contributed by atoms with Gasteiger partial charge >= 0.3 is 5.69 Å². The molecule has 0 radical (unpaired) electrons. The van der Waals surface area contributed by atoms with Crippen LogP contribution in [0.15, 0.2) is 41.0 Å². The Morgan fingerprint density at radius 1 is 1.12 bits per heavy atom. The fraction of sp³-hybridized carbons (Fsp3) is 0.294. The third-order valence-corrected chi connectivity index (χ3v) is 5.12. The molecule has 1 aromatic heterocycles. The van der Waals surface area contributed by atoms with E-state index in [9.17, 15) is 10.1 Å². The number of nitro groups is 1. The molecule has 136 valence electrons. The van der Waals surface area contributed by atoms with E-state index in [-0.39, 0.29) is 11.2 Å². The van der Waals surface area contributed by atoms with Crippen molar-refractivity contribution in [1.82, 2.24) is 10.3 Å². The van der Waals surface area contributed by atoms with Crippen molar-refractivity contribution in [1.29, 1.82) is 0 Å². The van der Waals surface area contributed by atoms with Gasteiger partial charge in [0.15, 0.2) is 5.52 Å². The van der Waals surface area contributed by atoms with Gasteiger partial charge in [0, 0.05) is 17.0 Å². The number of non-ortho nitro benzene ring substituents is 1. The second-order valence-corrected chi connectivity index (χ2v) is 7.14. The molecule has 1 heterocycles. The Labute approximate surface area is 158 Å². The molecule has 0 aliphatic heterocycles. The lowest BCUT2D eigenvalue weighted by Crippen LogP contribution is -2.52. The summed E-state index contributed by atoms with van der Waals surface area (Å²) in [6.07, 6.45) is 0. The number of alkyl halides is 1. The summed E-state index contributed by atoms with van der Waals surface area (Å²) in [6.45, 7) is 0.739. The molecule has 2 aromatic carbocycles. The highest BCUT2D eigenvalue weighted by molar-refractivity contribution is 9.08. The first kappa shape index (κ1) is 18.3. The largest absolute Gasteiger partial charge is 0.300 e. The molecule has 0 bridgehead atoms. The third-order valence-electron chi connectivity index (χ3n) is 4.48. The van der Waals surface area contributed by atoms with Gasteiger partial charge in [-0.3, -0.25) is 10.1 Å². The average Bonchev–Trinajstić information content (AvgIpc) is 3.10. The zero-order valence-corrected chi connectivity index (χ0v) is 16.3. The number of aromatic nitrogens is 2. The van der Waals surface area contributed by atoms with Gasteiger partial charge in [-0.25, -0.2) is 14.2 Å². The minimum absolute atomic E-state index is 0.117. The van der Waals surface area contributed by atoms with Crippen molar-refractivity contribution in [2.45, 2.75) is 11.9 Å². The topological polar surface area (TPSA) is 85.3 Å². The molecule has 26 heavy (non-hydrogen) atoms. The summed E-state index contributed by atoms with van der Waals surface area (Å²) in [7, 11) is 6.03. The highest BCUT2D eigenvalue weighted by Crippen LogP contribution is 2.32. The third kappa shape index (κ3) is 3.40. The Bertz CT molecular complexity index is 939. The Kier molecular flexibility index (Phi) is 4.92. The summed E-state index contributed by atoms with van der Waals surface area (Å²) in [4.78, 5) is 10.7. The molecule has 0 aliphatic carbocycles. The lowest BCUT2D eigenvalue weighted by molar-refractivity contribution is -0.910. The maximum absolute atomic E-state index is 11.2. The summed E-state index contributed by atoms with van der Waals surface area (Å²) in [6, 6.07) is 11.5. The van der Waals surface area contributed by atoms with Crippen LogP contribution in [0.25, 0.3) is 11.0 Å². The molecule has 0 atom stereocenters. The molecular weight excluding hydrogens is 402 g/mol. The number of fused-ring (bicyclic) bond motifs is 1. The van der Waals surface area contributed by atoms with Crippen LogP contribution in [0.4, 0.5) is 11.4 Å². The second-order valence-electron chi connectivity index (χ2n) is 6.58. The van der Waals surface area contributed by atoms with Crippen LogP contribution in [0, 0.1) is 10.1 Å². The Morgan fingerprint density at radius 2 is 1.73 bits per heavy atom. The molecule has 0 unspecified atom stereocenters. The molecular formula is C17H19BrN5O3+. The number of halogens is 1. The Morgan fingerprint density at radius 3 is 2.35 bits per heavy atom. The monoisotopic (exact) mass is 420 g/mol. The van der Waals surface area contributed by atoms with Crippen molar-refractivity contribution in [2.24, 2.45) is 0 Å². The van der Waals surface area contributed by atoms with Crippen LogP contribution >= 0.6 is 15.9 Å². The number of hydrogen-bond acceptors (Lipinski definition) is 6. The van der Waals surface area contributed by atoms with Gasteiger partial charge in [-0.2, -0.15) is 0 Å². The van der Waals surface area contributed by atoms with Crippen LogP contribution in [-0.4, -0.2) is 41.0 Å². The maximum atomic E-state index is 11.2. The molecule has 8 nitrogen and oxygen atoms in total. The van der Waals surface area contributed by atoms with Crippen molar-refractivity contribution < 1.29 is 14.1 Å². The van der Waals surface area contributed by atoms with Crippen LogP contribution in [0.3, 0.4) is 0 Å². The number of nitrogens with zero attached hydrogens (tertiary/aromatic N) is 5. The van der Waals surface area contributed by atoms with E-state index in [2.05, 4.69) is 64.6 Å². The highest BCUT2D eigenvalue weighted by Gasteiger charge is 2.29. The van der Waals surface area contributed by atoms with Crippen molar-refractivity contribution in [3.63, 3.8) is 0 Å². The summed E-state index contributed by atoms with van der Waals surface area (Å²) in [5.41, 5.74) is 3.53. The lowest BCUT2D eigenvalue weighted by atomic mass is 10.1. The van der Waals surface area contributed by atoms with Gasteiger partial charge in [0.05, 0.1) is 26.1 Å². The highest BCUT2D eigenvalue weighted by atomic mass is 79.9. The SMILES string of the molecule is CN(c1ccc([N+](=O)[O-])c2nonc12)[N+](C)(C)Cc1ccc(CBr)cc1. The maximum Gasteiger partial charge on any atom is 0.300 e. The summed E-state index contributed by atoms with van der Waals surface area (Å²) in [5, 5.41) is 21.6. The van der Waals surface area contributed by atoms with E-state index in [1.807, 2.05) is 12.1 Å². The zero-order valence-electron chi connectivity index (χ0n) is 14.7. The van der Waals surface area contributed by atoms with E-state index in [4.69, 9.17) is 4.63 Å². The first-order valence-corrected chi connectivity index (χ1v) is 9.06. The molecule has 0 saturated heterocycles. The Hall–Kier alpha value is -2.52. The second kappa shape index (κ2) is 7.00. The number of quaternary nitrogens is 1. The number of rotatable bonds is 6. The number of benzene rings is 2. The number of hydrogen-bond donors (Lipinski definition) is 0. The van der Waals surface area contributed by atoms with Gasteiger partial charge in [0.2, 0.25) is 5.52 Å². The molecule has 3 rings (SSSR count). The number of nitro benzene ring substituents is 1. The molecule has 0 spiro atoms. The van der Waals surface area contributed by atoms with Crippen molar-refractivity contribution >= 4 is 38.3 Å². The van der Waals surface area contributed by atoms with Gasteiger partial charge < -0.3 is 0 Å². The van der Waals surface area contributed by atoms with Gasteiger partial charge in [0.1, 0.15) is 12.2 Å². The van der Waals surface area contributed by atoms with Gasteiger partial charge in [-0.1, -0.05) is 40.2 Å². The van der Waals surface area contributed by atoms with Crippen LogP contribution < -0.4 is 5.01 Å². The summed E-state index contributed by atoms with van der Waals surface area (Å²) < 4.78 is 5.25. The summed E-state index contributed by atoms with van der Waals surface area (Å²) in [5.74, 6) is 0. The fourth-order valence-corrected chi connectivity index (χ4v) is 3.20. The van der Waals surface area contributed by atoms with Crippen LogP contribution in [0.5, 0.6) is 0 Å². The van der Waals surface area contributed by atoms with E-state index in [1.165, 1.54) is 17.2 Å². The van der Waals surface area contributed by atoms with Crippen LogP contribution in [-0.2, 0) is 11.9 Å². The van der Waals surface area contributed by atoms with Gasteiger partial charge in [-0.05, 0) is 21.9 Å². The first-order valence-electron chi connectivity index (χ1n) is 7.94. The van der Waals surface area contributed by atoms with Gasteiger partial charge in [-0.15, -0.1) is 0 Å². The first-order chi connectivity index (χ1) is 12.3. The van der Waals surface area contributed by atoms with Crippen LogP contribution in [0.1, 0.15) is 11.1 Å². The fourth-order valence-electron chi connectivity index (χ4n) is 2.83. The molecule has 0 fully saturated rings. The minimum Gasteiger partial charge on any atom is -0.258 e. The molecule has 0 amide bonds. The van der Waals surface area contributed by atoms with Crippen LogP contribution in [0.2, 0.25) is 0 Å². The molecule has 0 N–H and O–H groups in total. The quantitative estimate of drug-likeness (QED) is 0.261. The number of anilines is 1. The van der Waals surface area contributed by atoms with E-state index >= 15 is 0 Å². The zero-order chi connectivity index (χ0) is 18.9. The van der Waals surface area contributed by atoms with Crippen molar-refractivity contribution in [3.8, 4) is 0 Å².